The zero-order chi connectivity index (χ0) is 34.1. The van der Waals surface area contributed by atoms with Crippen LogP contribution in [0.5, 0.6) is 11.5 Å². The summed E-state index contributed by atoms with van der Waals surface area (Å²) in [5.41, 5.74) is 7.62. The number of piperidine rings is 2. The number of likely N-dealkylation sites (tertiary alicyclic amines) is 2. The van der Waals surface area contributed by atoms with Crippen molar-refractivity contribution in [2.75, 3.05) is 45.1 Å². The third-order valence-corrected chi connectivity index (χ3v) is 10.4. The minimum Gasteiger partial charge on any atom is -0.457 e. The minimum atomic E-state index is -0.502. The Morgan fingerprint density at radius 1 is 1.06 bits per heavy atom. The third kappa shape index (κ3) is 6.63. The van der Waals surface area contributed by atoms with Crippen molar-refractivity contribution in [2.45, 2.75) is 51.6 Å². The number of allylic oxidation sites excluding steroid dienone is 1. The quantitative estimate of drug-likeness (QED) is 0.171. The van der Waals surface area contributed by atoms with Crippen LogP contribution in [0.15, 0.2) is 72.4 Å². The number of halogens is 1. The number of ether oxygens (including phenoxy) is 2. The number of nitrogen functional groups attached to an aromatic ring is 1. The molecule has 1 atom stereocenters. The van der Waals surface area contributed by atoms with Crippen LogP contribution < -0.4 is 10.5 Å². The molecule has 11 heteroatoms. The lowest BCUT2D eigenvalue weighted by Gasteiger charge is -2.44. The number of nitrogens with two attached hydrogens (primary N) is 1. The first-order valence-corrected chi connectivity index (χ1v) is 17.1. The average Bonchev–Trinajstić information content (AvgIpc) is 3.48. The van der Waals surface area contributed by atoms with E-state index in [2.05, 4.69) is 29.8 Å². The van der Waals surface area contributed by atoms with Gasteiger partial charge < -0.3 is 20.1 Å². The molecular weight excluding hydrogens is 621 g/mol. The number of benzene rings is 2. The largest absolute Gasteiger partial charge is 0.457 e. The van der Waals surface area contributed by atoms with E-state index < -0.39 is 5.82 Å². The molecule has 1 amide bonds. The summed E-state index contributed by atoms with van der Waals surface area (Å²) in [5.74, 6) is 0.827. The van der Waals surface area contributed by atoms with Gasteiger partial charge in [0.2, 0.25) is 0 Å². The van der Waals surface area contributed by atoms with Gasteiger partial charge in [0.1, 0.15) is 40.5 Å². The van der Waals surface area contributed by atoms with Crippen LogP contribution in [-0.2, 0) is 9.53 Å². The molecule has 3 fully saturated rings. The molecule has 3 aliphatic heterocycles. The smallest absolute Gasteiger partial charge is 0.264 e. The summed E-state index contributed by atoms with van der Waals surface area (Å²) in [6.07, 6.45) is 7.05. The number of hydrogen-bond acceptors (Lipinski definition) is 8. The maximum Gasteiger partial charge on any atom is 0.264 e. The van der Waals surface area contributed by atoms with Gasteiger partial charge in [0.05, 0.1) is 36.2 Å². The molecule has 2 aromatic heterocycles. The maximum atomic E-state index is 15.7. The highest BCUT2D eigenvalue weighted by molar-refractivity contribution is 6.00. The molecule has 0 saturated carbocycles. The van der Waals surface area contributed by atoms with Gasteiger partial charge in [0.25, 0.3) is 5.91 Å². The Morgan fingerprint density at radius 3 is 2.53 bits per heavy atom. The van der Waals surface area contributed by atoms with Crippen LogP contribution in [0.4, 0.5) is 10.2 Å². The Balaban J connectivity index is 1.11. The summed E-state index contributed by atoms with van der Waals surface area (Å²) in [5, 5.41) is 15.7. The van der Waals surface area contributed by atoms with E-state index in [1.807, 2.05) is 35.0 Å². The van der Waals surface area contributed by atoms with Gasteiger partial charge in [-0.1, -0.05) is 38.1 Å². The van der Waals surface area contributed by atoms with Crippen molar-refractivity contribution in [3.05, 3.63) is 78.3 Å². The molecule has 3 aliphatic rings. The van der Waals surface area contributed by atoms with E-state index in [1.54, 1.807) is 35.4 Å². The third-order valence-electron chi connectivity index (χ3n) is 10.4. The summed E-state index contributed by atoms with van der Waals surface area (Å²) in [6.45, 7) is 8.83. The van der Waals surface area contributed by atoms with Gasteiger partial charge in [-0.25, -0.2) is 9.37 Å². The van der Waals surface area contributed by atoms with Crippen molar-refractivity contribution in [1.29, 1.82) is 5.26 Å². The van der Waals surface area contributed by atoms with E-state index in [0.29, 0.717) is 53.1 Å². The van der Waals surface area contributed by atoms with E-state index in [4.69, 9.17) is 20.3 Å². The van der Waals surface area contributed by atoms with Crippen molar-refractivity contribution < 1.29 is 18.7 Å². The number of rotatable bonds is 8. The molecule has 2 aromatic carbocycles. The molecule has 0 radical (unpaired) electrons. The van der Waals surface area contributed by atoms with Crippen LogP contribution in [0.1, 0.15) is 45.6 Å². The maximum absolute atomic E-state index is 15.7. The zero-order valence-electron chi connectivity index (χ0n) is 28.0. The van der Waals surface area contributed by atoms with Crippen molar-refractivity contribution >= 4 is 22.6 Å². The fourth-order valence-corrected chi connectivity index (χ4v) is 7.54. The predicted octanol–water partition coefficient (Wildman–Crippen LogP) is 6.36. The second kappa shape index (κ2) is 13.6. The molecular formula is C38H42FN7O3. The number of carbonyl (C=O) groups excluding carboxylic acids is 1. The van der Waals surface area contributed by atoms with Gasteiger partial charge in [0.15, 0.2) is 0 Å². The lowest BCUT2D eigenvalue weighted by atomic mass is 9.72. The fraction of sp³-hybridized carbons (Fsp3) is 0.421. The number of para-hydroxylation sites is 1. The number of nitriles is 1. The minimum absolute atomic E-state index is 0.180. The lowest BCUT2D eigenvalue weighted by molar-refractivity contribution is -0.128. The normalized spacial score (nSPS) is 19.8. The molecule has 49 heavy (non-hydrogen) atoms. The second-order valence-corrected chi connectivity index (χ2v) is 14.0. The van der Waals surface area contributed by atoms with Gasteiger partial charge in [-0.3, -0.25) is 14.4 Å². The fourth-order valence-electron chi connectivity index (χ4n) is 7.54. The summed E-state index contributed by atoms with van der Waals surface area (Å²) in [6, 6.07) is 18.2. The van der Waals surface area contributed by atoms with E-state index in [1.165, 1.54) is 6.07 Å². The summed E-state index contributed by atoms with van der Waals surface area (Å²) < 4.78 is 28.8. The van der Waals surface area contributed by atoms with Crippen LogP contribution in [0.3, 0.4) is 0 Å². The Morgan fingerprint density at radius 2 is 1.84 bits per heavy atom. The number of anilines is 1. The van der Waals surface area contributed by atoms with E-state index in [9.17, 15) is 10.1 Å². The highest BCUT2D eigenvalue weighted by Crippen LogP contribution is 2.40. The highest BCUT2D eigenvalue weighted by Gasteiger charge is 2.37. The molecule has 254 valence electrons. The molecule has 0 spiro atoms. The molecule has 3 saturated heterocycles. The van der Waals surface area contributed by atoms with Crippen molar-refractivity contribution in [1.82, 2.24) is 24.6 Å². The summed E-state index contributed by atoms with van der Waals surface area (Å²) in [7, 11) is 0. The highest BCUT2D eigenvalue weighted by atomic mass is 19.1. The van der Waals surface area contributed by atoms with Crippen LogP contribution in [-0.4, -0.2) is 75.9 Å². The molecule has 0 bridgehead atoms. The second-order valence-electron chi connectivity index (χ2n) is 14.0. The number of aromatic nitrogens is 3. The van der Waals surface area contributed by atoms with Crippen molar-refractivity contribution in [2.24, 2.45) is 11.3 Å². The standard InChI is InChI=1S/C38H42FN7O3/c1-38(2,26-13-17-44(18-14-26)28-23-48-24-28)20-25(21-40)37(47)45-16-6-7-27(22-45)46-33-12-15-42-36(41)34(33)35(43-46)31-11-10-30(19-32(31)39)49-29-8-4-3-5-9-29/h3-5,8-12,15,19-20,26-28H,6-7,13-14,16-18,22-24H2,1-2H3,(H2,41,42). The van der Waals surface area contributed by atoms with Gasteiger partial charge in [-0.2, -0.15) is 10.4 Å². The van der Waals surface area contributed by atoms with Crippen LogP contribution in [0.2, 0.25) is 0 Å². The van der Waals surface area contributed by atoms with Gasteiger partial charge >= 0.3 is 0 Å². The van der Waals surface area contributed by atoms with Crippen LogP contribution in [0, 0.1) is 28.5 Å². The van der Waals surface area contributed by atoms with Gasteiger partial charge in [-0.05, 0) is 80.4 Å². The summed E-state index contributed by atoms with van der Waals surface area (Å²) in [4.78, 5) is 22.4. The molecule has 10 nitrogen and oxygen atoms in total. The molecule has 4 aromatic rings. The van der Waals surface area contributed by atoms with Crippen LogP contribution in [0.25, 0.3) is 22.2 Å². The Bertz CT molecular complexity index is 1910. The van der Waals surface area contributed by atoms with Crippen LogP contribution >= 0.6 is 0 Å². The average molecular weight is 664 g/mol. The first-order chi connectivity index (χ1) is 23.7. The molecule has 7 rings (SSSR count). The van der Waals surface area contributed by atoms with Crippen molar-refractivity contribution in [3.63, 3.8) is 0 Å². The Labute approximate surface area is 285 Å². The first-order valence-electron chi connectivity index (χ1n) is 17.1. The molecule has 5 heterocycles. The monoisotopic (exact) mass is 663 g/mol. The van der Waals surface area contributed by atoms with E-state index >= 15 is 4.39 Å². The number of fused-ring (bicyclic) bond motifs is 1. The number of pyridine rings is 1. The molecule has 1 unspecified atom stereocenters. The van der Waals surface area contributed by atoms with E-state index in [-0.39, 0.29) is 34.3 Å². The predicted molar refractivity (Wildman–Crippen MR) is 185 cm³/mol. The first kappa shape index (κ1) is 32.7. The lowest BCUT2D eigenvalue weighted by Crippen LogP contribution is -2.52. The number of hydrogen-bond donors (Lipinski definition) is 1. The Kier molecular flexibility index (Phi) is 9.09. The van der Waals surface area contributed by atoms with Gasteiger partial charge in [0, 0.05) is 30.9 Å². The number of nitrogens with zero attached hydrogens (tertiary/aromatic N) is 6. The van der Waals surface area contributed by atoms with E-state index in [0.717, 1.165) is 52.0 Å². The SMILES string of the molecule is CC(C)(C=C(C#N)C(=O)N1CCCC(n2nc(-c3ccc(Oc4ccccc4)cc3F)c3c(N)nccc32)C1)C1CCN(C2COC2)CC1. The molecule has 0 aliphatic carbocycles. The number of carbonyl (C=O) groups is 1. The summed E-state index contributed by atoms with van der Waals surface area (Å²) >= 11 is 0. The topological polar surface area (TPSA) is 123 Å². The van der Waals surface area contributed by atoms with Gasteiger partial charge in [-0.15, -0.1) is 0 Å². The number of amides is 1. The Hall–Kier alpha value is -4.79. The molecule has 2 N–H and O–H groups in total. The van der Waals surface area contributed by atoms with Crippen molar-refractivity contribution in [3.8, 4) is 28.8 Å². The zero-order valence-corrected chi connectivity index (χ0v) is 28.0.